The van der Waals surface area contributed by atoms with Gasteiger partial charge in [0.25, 0.3) is 0 Å². The Morgan fingerprint density at radius 3 is 2.83 bits per heavy atom. The lowest BCUT2D eigenvalue weighted by atomic mass is 10.1. The molecule has 1 heterocycles. The molecule has 1 N–H and O–H groups in total. The van der Waals surface area contributed by atoms with E-state index in [4.69, 9.17) is 0 Å². The summed E-state index contributed by atoms with van der Waals surface area (Å²) in [5.74, 6) is 0. The molecular formula is C15H23BrN2. The Hall–Kier alpha value is -0.380. The molecule has 0 aromatic heterocycles. The van der Waals surface area contributed by atoms with Gasteiger partial charge in [-0.05, 0) is 63.5 Å². The molecule has 1 atom stereocenters. The average Bonchev–Trinajstić information content (AvgIpc) is 2.82. The van der Waals surface area contributed by atoms with Gasteiger partial charge in [0.1, 0.15) is 0 Å². The molecule has 1 aromatic rings. The predicted octanol–water partition coefficient (Wildman–Crippen LogP) is 3.07. The molecule has 2 nitrogen and oxygen atoms in total. The van der Waals surface area contributed by atoms with Gasteiger partial charge in [0.2, 0.25) is 0 Å². The number of nitrogens with zero attached hydrogens (tertiary/aromatic N) is 1. The first-order valence-electron chi connectivity index (χ1n) is 6.94. The molecule has 18 heavy (non-hydrogen) atoms. The van der Waals surface area contributed by atoms with Crippen LogP contribution >= 0.6 is 15.9 Å². The predicted molar refractivity (Wildman–Crippen MR) is 81.0 cm³/mol. The van der Waals surface area contributed by atoms with E-state index in [2.05, 4.69) is 57.3 Å². The summed E-state index contributed by atoms with van der Waals surface area (Å²) in [5.41, 5.74) is 1.39. The smallest absolute Gasteiger partial charge is 0.0178 e. The number of nitrogens with one attached hydrogen (secondary N) is 1. The lowest BCUT2D eigenvalue weighted by Crippen LogP contribution is -2.38. The van der Waals surface area contributed by atoms with Crippen molar-refractivity contribution in [1.29, 1.82) is 0 Å². The van der Waals surface area contributed by atoms with Crippen LogP contribution in [-0.4, -0.2) is 37.1 Å². The van der Waals surface area contributed by atoms with E-state index in [1.54, 1.807) is 0 Å². The van der Waals surface area contributed by atoms with E-state index in [9.17, 15) is 0 Å². The van der Waals surface area contributed by atoms with Crippen LogP contribution in [-0.2, 0) is 6.42 Å². The Morgan fingerprint density at radius 1 is 1.33 bits per heavy atom. The summed E-state index contributed by atoms with van der Waals surface area (Å²) in [6.45, 7) is 7.12. The number of hydrogen-bond donors (Lipinski definition) is 1. The summed E-state index contributed by atoms with van der Waals surface area (Å²) in [6.07, 6.45) is 3.86. The molecule has 0 spiro atoms. The van der Waals surface area contributed by atoms with Gasteiger partial charge in [0.05, 0.1) is 0 Å². The van der Waals surface area contributed by atoms with E-state index in [1.165, 1.54) is 42.5 Å². The molecule has 1 aliphatic heterocycles. The molecule has 2 rings (SSSR count). The van der Waals surface area contributed by atoms with Gasteiger partial charge in [-0.15, -0.1) is 0 Å². The van der Waals surface area contributed by atoms with Gasteiger partial charge in [-0.25, -0.2) is 0 Å². The summed E-state index contributed by atoms with van der Waals surface area (Å²) in [4.78, 5) is 2.57. The fourth-order valence-electron chi connectivity index (χ4n) is 2.57. The molecule has 0 bridgehead atoms. The van der Waals surface area contributed by atoms with Crippen molar-refractivity contribution in [3.8, 4) is 0 Å². The first-order chi connectivity index (χ1) is 8.74. The molecule has 1 aromatic carbocycles. The van der Waals surface area contributed by atoms with Crippen molar-refractivity contribution < 1.29 is 0 Å². The maximum atomic E-state index is 3.62. The first-order valence-corrected chi connectivity index (χ1v) is 7.73. The minimum Gasteiger partial charge on any atom is -0.313 e. The van der Waals surface area contributed by atoms with Crippen LogP contribution < -0.4 is 5.32 Å². The fourth-order valence-corrected chi connectivity index (χ4v) is 3.02. The van der Waals surface area contributed by atoms with Crippen LogP contribution in [0.15, 0.2) is 28.7 Å². The molecule has 100 valence electrons. The molecular weight excluding hydrogens is 288 g/mol. The first kappa shape index (κ1) is 14.0. The maximum absolute atomic E-state index is 3.62. The number of likely N-dealkylation sites (tertiary alicyclic amines) is 1. The number of benzene rings is 1. The molecule has 0 radical (unpaired) electrons. The van der Waals surface area contributed by atoms with Crippen molar-refractivity contribution in [2.24, 2.45) is 0 Å². The summed E-state index contributed by atoms with van der Waals surface area (Å²) < 4.78 is 1.17. The molecule has 1 aliphatic rings. The standard InChI is InChI=1S/C15H23BrN2/c1-13(12-18-9-2-3-10-18)17-8-7-14-5-4-6-15(16)11-14/h4-6,11,13,17H,2-3,7-10,12H2,1H3. The zero-order chi connectivity index (χ0) is 12.8. The van der Waals surface area contributed by atoms with Crippen molar-refractivity contribution in [3.63, 3.8) is 0 Å². The Morgan fingerprint density at radius 2 is 2.11 bits per heavy atom. The normalized spacial score (nSPS) is 18.1. The zero-order valence-corrected chi connectivity index (χ0v) is 12.7. The fraction of sp³-hybridized carbons (Fsp3) is 0.600. The van der Waals surface area contributed by atoms with E-state index in [1.807, 2.05) is 0 Å². The maximum Gasteiger partial charge on any atom is 0.0178 e. The van der Waals surface area contributed by atoms with Gasteiger partial charge in [0.15, 0.2) is 0 Å². The third kappa shape index (κ3) is 4.71. The highest BCUT2D eigenvalue weighted by Gasteiger charge is 2.13. The zero-order valence-electron chi connectivity index (χ0n) is 11.2. The van der Waals surface area contributed by atoms with Gasteiger partial charge in [0, 0.05) is 17.1 Å². The van der Waals surface area contributed by atoms with Crippen LogP contribution in [0.2, 0.25) is 0 Å². The van der Waals surface area contributed by atoms with Crippen molar-refractivity contribution in [2.75, 3.05) is 26.2 Å². The third-order valence-corrected chi connectivity index (χ3v) is 4.02. The average molecular weight is 311 g/mol. The summed E-state index contributed by atoms with van der Waals surface area (Å²) >= 11 is 3.51. The van der Waals surface area contributed by atoms with Crippen LogP contribution in [0.3, 0.4) is 0 Å². The quantitative estimate of drug-likeness (QED) is 0.868. The second-order valence-electron chi connectivity index (χ2n) is 5.24. The minimum atomic E-state index is 0.593. The molecule has 0 saturated carbocycles. The molecule has 1 saturated heterocycles. The van der Waals surface area contributed by atoms with Crippen molar-refractivity contribution in [3.05, 3.63) is 34.3 Å². The molecule has 1 unspecified atom stereocenters. The molecule has 1 fully saturated rings. The van der Waals surface area contributed by atoms with E-state index in [0.717, 1.165) is 13.0 Å². The summed E-state index contributed by atoms with van der Waals surface area (Å²) in [5, 5.41) is 3.62. The minimum absolute atomic E-state index is 0.593. The second-order valence-corrected chi connectivity index (χ2v) is 6.16. The van der Waals surface area contributed by atoms with Crippen LogP contribution in [0.4, 0.5) is 0 Å². The van der Waals surface area contributed by atoms with Crippen LogP contribution in [0, 0.1) is 0 Å². The van der Waals surface area contributed by atoms with Crippen LogP contribution in [0.1, 0.15) is 25.3 Å². The Bertz CT molecular complexity index is 361. The Kier molecular flexibility index (Phi) is 5.67. The highest BCUT2D eigenvalue weighted by atomic mass is 79.9. The number of halogens is 1. The lowest BCUT2D eigenvalue weighted by molar-refractivity contribution is 0.299. The van der Waals surface area contributed by atoms with Crippen LogP contribution in [0.5, 0.6) is 0 Å². The highest BCUT2D eigenvalue weighted by molar-refractivity contribution is 9.10. The van der Waals surface area contributed by atoms with Crippen molar-refractivity contribution in [2.45, 2.75) is 32.2 Å². The summed E-state index contributed by atoms with van der Waals surface area (Å²) in [7, 11) is 0. The second kappa shape index (κ2) is 7.27. The Labute approximate surface area is 119 Å². The highest BCUT2D eigenvalue weighted by Crippen LogP contribution is 2.12. The monoisotopic (exact) mass is 310 g/mol. The van der Waals surface area contributed by atoms with Gasteiger partial charge < -0.3 is 10.2 Å². The van der Waals surface area contributed by atoms with Crippen molar-refractivity contribution in [1.82, 2.24) is 10.2 Å². The van der Waals surface area contributed by atoms with Gasteiger partial charge in [-0.2, -0.15) is 0 Å². The lowest BCUT2D eigenvalue weighted by Gasteiger charge is -2.21. The molecule has 0 amide bonds. The summed E-state index contributed by atoms with van der Waals surface area (Å²) in [6, 6.07) is 9.17. The number of hydrogen-bond acceptors (Lipinski definition) is 2. The van der Waals surface area contributed by atoms with E-state index in [0.29, 0.717) is 6.04 Å². The third-order valence-electron chi connectivity index (χ3n) is 3.53. The van der Waals surface area contributed by atoms with Gasteiger partial charge >= 0.3 is 0 Å². The number of rotatable bonds is 6. The largest absolute Gasteiger partial charge is 0.313 e. The van der Waals surface area contributed by atoms with Gasteiger partial charge in [-0.3, -0.25) is 0 Å². The Balaban J connectivity index is 1.65. The topological polar surface area (TPSA) is 15.3 Å². The van der Waals surface area contributed by atoms with E-state index >= 15 is 0 Å². The van der Waals surface area contributed by atoms with Crippen molar-refractivity contribution >= 4 is 15.9 Å². The molecule has 3 heteroatoms. The SMILES string of the molecule is CC(CN1CCCC1)NCCc1cccc(Br)c1. The van der Waals surface area contributed by atoms with Gasteiger partial charge in [-0.1, -0.05) is 28.1 Å². The van der Waals surface area contributed by atoms with Crippen LogP contribution in [0.25, 0.3) is 0 Å². The van der Waals surface area contributed by atoms with E-state index in [-0.39, 0.29) is 0 Å². The molecule has 0 aliphatic carbocycles. The van der Waals surface area contributed by atoms with E-state index < -0.39 is 0 Å².